The van der Waals surface area contributed by atoms with Crippen molar-refractivity contribution in [3.8, 4) is 17.0 Å². The fraction of sp³-hybridized carbons (Fsp3) is 0.433. The Hall–Kier alpha value is -2.65. The van der Waals surface area contributed by atoms with Gasteiger partial charge in [-0.15, -0.1) is 0 Å². The van der Waals surface area contributed by atoms with Gasteiger partial charge in [0, 0.05) is 35.4 Å². The van der Waals surface area contributed by atoms with E-state index in [1.807, 2.05) is 0 Å². The fourth-order valence-corrected chi connectivity index (χ4v) is 5.55. The van der Waals surface area contributed by atoms with Gasteiger partial charge in [0.05, 0.1) is 18.9 Å². The van der Waals surface area contributed by atoms with Crippen LogP contribution in [0.5, 0.6) is 5.75 Å². The van der Waals surface area contributed by atoms with Crippen LogP contribution in [0.3, 0.4) is 0 Å². The summed E-state index contributed by atoms with van der Waals surface area (Å²) in [5.41, 5.74) is 9.88. The van der Waals surface area contributed by atoms with Gasteiger partial charge in [-0.1, -0.05) is 56.3 Å². The molecule has 0 aliphatic heterocycles. The van der Waals surface area contributed by atoms with Gasteiger partial charge in [-0.05, 0) is 68.2 Å². The van der Waals surface area contributed by atoms with Crippen LogP contribution in [-0.4, -0.2) is 18.7 Å². The number of methoxy groups -OCH3 is 1. The van der Waals surface area contributed by atoms with Crippen molar-refractivity contribution in [3.63, 3.8) is 0 Å². The lowest BCUT2D eigenvalue weighted by atomic mass is 9.77. The number of hydrogen-bond acceptors (Lipinski definition) is 3. The monoisotopic (exact) mass is 443 g/mol. The highest BCUT2D eigenvalue weighted by atomic mass is 16.5. The Balaban J connectivity index is 1.85. The maximum absolute atomic E-state index is 6.46. The van der Waals surface area contributed by atoms with E-state index in [1.165, 1.54) is 34.2 Å². The van der Waals surface area contributed by atoms with Crippen LogP contribution in [0.15, 0.2) is 48.5 Å². The minimum atomic E-state index is -0.0694. The Morgan fingerprint density at radius 3 is 2.39 bits per heavy atom. The van der Waals surface area contributed by atoms with Crippen molar-refractivity contribution in [3.05, 3.63) is 82.0 Å². The molecule has 1 heterocycles. The second kappa shape index (κ2) is 10.5. The zero-order valence-electron chi connectivity index (χ0n) is 20.8. The van der Waals surface area contributed by atoms with Crippen LogP contribution in [0.1, 0.15) is 79.1 Å². The summed E-state index contributed by atoms with van der Waals surface area (Å²) in [6.45, 7) is 9.27. The molecule has 0 spiro atoms. The van der Waals surface area contributed by atoms with E-state index in [-0.39, 0.29) is 6.10 Å². The zero-order valence-corrected chi connectivity index (χ0v) is 20.8. The summed E-state index contributed by atoms with van der Waals surface area (Å²) < 4.78 is 12.5. The van der Waals surface area contributed by atoms with E-state index < -0.39 is 0 Å². The van der Waals surface area contributed by atoms with Crippen molar-refractivity contribution >= 4 is 0 Å². The molecule has 0 saturated carbocycles. The molecule has 3 aromatic rings. The lowest BCUT2D eigenvalue weighted by molar-refractivity contribution is 0.0349. The number of pyridine rings is 1. The number of rotatable bonds is 8. The molecule has 3 heteroatoms. The normalized spacial score (nSPS) is 16.3. The van der Waals surface area contributed by atoms with E-state index in [2.05, 4.69) is 76.2 Å². The minimum absolute atomic E-state index is 0.0694. The predicted octanol–water partition coefficient (Wildman–Crippen LogP) is 7.39. The molecular formula is C30H37NO2. The van der Waals surface area contributed by atoms with E-state index in [9.17, 15) is 0 Å². The summed E-state index contributed by atoms with van der Waals surface area (Å²) in [5, 5.41) is 0. The molecule has 33 heavy (non-hydrogen) atoms. The molecule has 0 N–H and O–H groups in total. The van der Waals surface area contributed by atoms with E-state index in [0.717, 1.165) is 48.4 Å². The van der Waals surface area contributed by atoms with Gasteiger partial charge in [-0.2, -0.15) is 0 Å². The molecule has 0 radical (unpaired) electrons. The first-order valence-electron chi connectivity index (χ1n) is 12.5. The largest absolute Gasteiger partial charge is 0.496 e. The molecule has 3 nitrogen and oxygen atoms in total. The molecule has 2 aromatic carbocycles. The van der Waals surface area contributed by atoms with Gasteiger partial charge in [-0.25, -0.2) is 0 Å². The average Bonchev–Trinajstić information content (AvgIpc) is 2.86. The van der Waals surface area contributed by atoms with Crippen molar-refractivity contribution in [1.82, 2.24) is 4.98 Å². The molecule has 0 bridgehead atoms. The van der Waals surface area contributed by atoms with Crippen LogP contribution in [-0.2, 0) is 24.0 Å². The van der Waals surface area contributed by atoms with Gasteiger partial charge >= 0.3 is 0 Å². The van der Waals surface area contributed by atoms with E-state index in [0.29, 0.717) is 12.5 Å². The maximum Gasteiger partial charge on any atom is 0.128 e. The Morgan fingerprint density at radius 1 is 1.00 bits per heavy atom. The van der Waals surface area contributed by atoms with Crippen LogP contribution in [0, 0.1) is 6.92 Å². The topological polar surface area (TPSA) is 31.4 Å². The predicted molar refractivity (Wildman–Crippen MR) is 136 cm³/mol. The maximum atomic E-state index is 6.46. The van der Waals surface area contributed by atoms with Crippen molar-refractivity contribution < 1.29 is 9.47 Å². The minimum Gasteiger partial charge on any atom is -0.496 e. The summed E-state index contributed by atoms with van der Waals surface area (Å²) in [7, 11) is 1.77. The van der Waals surface area contributed by atoms with E-state index >= 15 is 0 Å². The standard InChI is InChI=1S/C30H37NO2/c1-6-21-14-11-15-22(7-2)29(21)26-19-27(32-5)28(20(4)31-26)30(33-8-3)25-18-12-16-23-13-9-10-17-24(23)25/h9-11,13-15,17,19,25,30H,6-8,12,16,18H2,1-5H3. The van der Waals surface area contributed by atoms with Gasteiger partial charge in [0.15, 0.2) is 0 Å². The summed E-state index contributed by atoms with van der Waals surface area (Å²) in [5.74, 6) is 1.19. The Kier molecular flexibility index (Phi) is 7.49. The molecule has 0 saturated heterocycles. The highest BCUT2D eigenvalue weighted by molar-refractivity contribution is 5.70. The summed E-state index contributed by atoms with van der Waals surface area (Å²) in [6.07, 6.45) is 5.34. The van der Waals surface area contributed by atoms with Crippen molar-refractivity contribution in [1.29, 1.82) is 0 Å². The molecule has 0 amide bonds. The molecule has 174 valence electrons. The van der Waals surface area contributed by atoms with Crippen molar-refractivity contribution in [2.75, 3.05) is 13.7 Å². The second-order valence-corrected chi connectivity index (χ2v) is 8.94. The van der Waals surface area contributed by atoms with Crippen LogP contribution in [0.2, 0.25) is 0 Å². The van der Waals surface area contributed by atoms with Crippen LogP contribution in [0.25, 0.3) is 11.3 Å². The van der Waals surface area contributed by atoms with Crippen LogP contribution in [0.4, 0.5) is 0 Å². The molecule has 0 fully saturated rings. The van der Waals surface area contributed by atoms with Crippen molar-refractivity contribution in [2.45, 2.75) is 71.8 Å². The molecule has 2 unspecified atom stereocenters. The smallest absolute Gasteiger partial charge is 0.128 e. The molecule has 1 aromatic heterocycles. The summed E-state index contributed by atoms with van der Waals surface area (Å²) >= 11 is 0. The number of benzene rings is 2. The second-order valence-electron chi connectivity index (χ2n) is 8.94. The third-order valence-electron chi connectivity index (χ3n) is 7.10. The van der Waals surface area contributed by atoms with Crippen LogP contribution < -0.4 is 4.74 Å². The number of aromatic nitrogens is 1. The number of hydrogen-bond donors (Lipinski definition) is 0. The van der Waals surface area contributed by atoms with Crippen LogP contribution >= 0.6 is 0 Å². The van der Waals surface area contributed by atoms with Gasteiger partial charge < -0.3 is 9.47 Å². The van der Waals surface area contributed by atoms with E-state index in [1.54, 1.807) is 7.11 Å². The van der Waals surface area contributed by atoms with Gasteiger partial charge in [0.25, 0.3) is 0 Å². The average molecular weight is 444 g/mol. The number of aryl methyl sites for hydroxylation is 4. The lowest BCUT2D eigenvalue weighted by Crippen LogP contribution is -2.21. The molecular weight excluding hydrogens is 406 g/mol. The zero-order chi connectivity index (χ0) is 23.4. The SMILES string of the molecule is CCOC(c1c(OC)cc(-c2c(CC)cccc2CC)nc1C)C1CCCc2ccccc21. The molecule has 1 aliphatic rings. The molecule has 2 atom stereocenters. The summed E-state index contributed by atoms with van der Waals surface area (Å²) in [4.78, 5) is 5.16. The Labute approximate surface area is 199 Å². The lowest BCUT2D eigenvalue weighted by Gasteiger charge is -2.34. The van der Waals surface area contributed by atoms with Gasteiger partial charge in [0.2, 0.25) is 0 Å². The third kappa shape index (κ3) is 4.56. The third-order valence-corrected chi connectivity index (χ3v) is 7.10. The summed E-state index contributed by atoms with van der Waals surface area (Å²) in [6, 6.07) is 17.6. The van der Waals surface area contributed by atoms with Gasteiger partial charge in [-0.3, -0.25) is 4.98 Å². The molecule has 4 rings (SSSR count). The number of fused-ring (bicyclic) bond motifs is 1. The fourth-order valence-electron chi connectivity index (χ4n) is 5.55. The first-order valence-corrected chi connectivity index (χ1v) is 12.5. The first kappa shape index (κ1) is 23.5. The highest BCUT2D eigenvalue weighted by Crippen LogP contribution is 2.46. The van der Waals surface area contributed by atoms with Crippen molar-refractivity contribution in [2.24, 2.45) is 0 Å². The number of nitrogens with zero attached hydrogens (tertiary/aromatic N) is 1. The van der Waals surface area contributed by atoms with Gasteiger partial charge in [0.1, 0.15) is 5.75 Å². The Bertz CT molecular complexity index is 1080. The highest BCUT2D eigenvalue weighted by Gasteiger charge is 2.33. The number of ether oxygens (including phenoxy) is 2. The quantitative estimate of drug-likeness (QED) is 0.364. The Morgan fingerprint density at radius 2 is 1.73 bits per heavy atom. The first-order chi connectivity index (χ1) is 16.1. The van der Waals surface area contributed by atoms with E-state index in [4.69, 9.17) is 14.5 Å². The molecule has 1 aliphatic carbocycles.